The molecule has 1 amide bonds. The predicted molar refractivity (Wildman–Crippen MR) is 114 cm³/mol. The SMILES string of the molecule is CCCN(Cc1nnc(-c2ccccc2Cl)o1)C(=O)c1cc2cccc(Br)c2o1. The van der Waals surface area contributed by atoms with Crippen LogP contribution in [0.4, 0.5) is 0 Å². The maximum atomic E-state index is 13.1. The second-order valence-corrected chi connectivity index (χ2v) is 7.74. The number of halogens is 2. The molecule has 0 saturated carbocycles. The molecule has 2 aromatic carbocycles. The van der Waals surface area contributed by atoms with E-state index in [1.165, 1.54) is 0 Å². The number of hydrogen-bond donors (Lipinski definition) is 0. The highest BCUT2D eigenvalue weighted by Gasteiger charge is 2.23. The molecule has 0 atom stereocenters. The number of para-hydroxylation sites is 1. The van der Waals surface area contributed by atoms with Gasteiger partial charge < -0.3 is 13.7 Å². The van der Waals surface area contributed by atoms with E-state index in [0.717, 1.165) is 16.3 Å². The lowest BCUT2D eigenvalue weighted by Gasteiger charge is -2.18. The predicted octanol–water partition coefficient (Wildman–Crippen LogP) is 5.95. The Morgan fingerprint density at radius 1 is 1.14 bits per heavy atom. The summed E-state index contributed by atoms with van der Waals surface area (Å²) in [6, 6.07) is 14.7. The normalized spacial score (nSPS) is 11.1. The van der Waals surface area contributed by atoms with Gasteiger partial charge in [-0.15, -0.1) is 10.2 Å². The largest absolute Gasteiger partial charge is 0.450 e. The zero-order valence-corrected chi connectivity index (χ0v) is 17.9. The van der Waals surface area contributed by atoms with Crippen LogP contribution in [0, 0.1) is 0 Å². The standard InChI is InChI=1S/C21H17BrClN3O3/c1-2-10-26(21(27)17-11-13-6-5-8-15(22)19(13)28-17)12-18-24-25-20(29-18)14-7-3-4-9-16(14)23/h3-9,11H,2,10,12H2,1H3. The molecule has 0 aliphatic rings. The Balaban J connectivity index is 1.58. The molecule has 2 heterocycles. The number of carbonyl (C=O) groups excluding carboxylic acids is 1. The van der Waals surface area contributed by atoms with Gasteiger partial charge in [-0.25, -0.2) is 0 Å². The van der Waals surface area contributed by atoms with E-state index in [2.05, 4.69) is 26.1 Å². The van der Waals surface area contributed by atoms with Gasteiger partial charge in [0.25, 0.3) is 5.91 Å². The lowest BCUT2D eigenvalue weighted by molar-refractivity contribution is 0.0699. The first-order valence-electron chi connectivity index (χ1n) is 9.11. The molecule has 29 heavy (non-hydrogen) atoms. The van der Waals surface area contributed by atoms with Crippen LogP contribution in [0.1, 0.15) is 29.8 Å². The van der Waals surface area contributed by atoms with E-state index in [-0.39, 0.29) is 18.2 Å². The van der Waals surface area contributed by atoms with Crippen molar-refractivity contribution in [2.45, 2.75) is 19.9 Å². The van der Waals surface area contributed by atoms with Crippen molar-refractivity contribution in [2.75, 3.05) is 6.54 Å². The Bertz CT molecular complexity index is 1170. The number of carbonyl (C=O) groups is 1. The summed E-state index contributed by atoms with van der Waals surface area (Å²) in [5, 5.41) is 9.54. The number of fused-ring (bicyclic) bond motifs is 1. The summed E-state index contributed by atoms with van der Waals surface area (Å²) >= 11 is 9.65. The molecule has 0 radical (unpaired) electrons. The zero-order valence-electron chi connectivity index (χ0n) is 15.6. The van der Waals surface area contributed by atoms with Gasteiger partial charge in [-0.2, -0.15) is 0 Å². The van der Waals surface area contributed by atoms with E-state index in [9.17, 15) is 4.79 Å². The van der Waals surface area contributed by atoms with Crippen LogP contribution in [0.2, 0.25) is 5.02 Å². The van der Waals surface area contributed by atoms with Crippen molar-refractivity contribution in [3.05, 3.63) is 69.7 Å². The van der Waals surface area contributed by atoms with Crippen molar-refractivity contribution in [1.82, 2.24) is 15.1 Å². The fraction of sp³-hybridized carbons (Fsp3) is 0.190. The van der Waals surface area contributed by atoms with Gasteiger partial charge in [-0.3, -0.25) is 4.79 Å². The first kappa shape index (κ1) is 19.7. The third-order valence-electron chi connectivity index (χ3n) is 4.38. The van der Waals surface area contributed by atoms with Gasteiger partial charge in [0.15, 0.2) is 5.76 Å². The lowest BCUT2D eigenvalue weighted by atomic mass is 10.2. The second-order valence-electron chi connectivity index (χ2n) is 6.48. The Morgan fingerprint density at radius 2 is 1.97 bits per heavy atom. The van der Waals surface area contributed by atoms with E-state index in [1.807, 2.05) is 37.3 Å². The average molecular weight is 475 g/mol. The molecule has 8 heteroatoms. The van der Waals surface area contributed by atoms with Crippen molar-refractivity contribution in [1.29, 1.82) is 0 Å². The Labute approximate surface area is 180 Å². The van der Waals surface area contributed by atoms with Crippen LogP contribution >= 0.6 is 27.5 Å². The van der Waals surface area contributed by atoms with Gasteiger partial charge >= 0.3 is 0 Å². The average Bonchev–Trinajstić information content (AvgIpc) is 3.35. The molecule has 0 N–H and O–H groups in total. The van der Waals surface area contributed by atoms with Crippen LogP contribution in [0.25, 0.3) is 22.4 Å². The first-order chi connectivity index (χ1) is 14.1. The number of aromatic nitrogens is 2. The summed E-state index contributed by atoms with van der Waals surface area (Å²) in [5.74, 6) is 0.694. The molecule has 2 aromatic heterocycles. The molecule has 0 spiro atoms. The molecule has 4 rings (SSSR count). The van der Waals surface area contributed by atoms with Crippen molar-refractivity contribution >= 4 is 44.4 Å². The van der Waals surface area contributed by atoms with Gasteiger partial charge in [0.1, 0.15) is 5.58 Å². The molecule has 148 valence electrons. The summed E-state index contributed by atoms with van der Waals surface area (Å²) < 4.78 is 12.3. The Kier molecular flexibility index (Phi) is 5.69. The molecule has 6 nitrogen and oxygen atoms in total. The highest BCUT2D eigenvalue weighted by atomic mass is 79.9. The van der Waals surface area contributed by atoms with Gasteiger partial charge in [0.05, 0.1) is 21.6 Å². The van der Waals surface area contributed by atoms with Crippen LogP contribution in [-0.4, -0.2) is 27.5 Å². The minimum Gasteiger partial charge on any atom is -0.450 e. The molecule has 0 fully saturated rings. The number of nitrogens with zero attached hydrogens (tertiary/aromatic N) is 3. The maximum absolute atomic E-state index is 13.1. The van der Waals surface area contributed by atoms with Crippen LogP contribution in [-0.2, 0) is 6.54 Å². The smallest absolute Gasteiger partial charge is 0.290 e. The van der Waals surface area contributed by atoms with Crippen molar-refractivity contribution in [3.8, 4) is 11.5 Å². The topological polar surface area (TPSA) is 72.4 Å². The maximum Gasteiger partial charge on any atom is 0.290 e. The summed E-state index contributed by atoms with van der Waals surface area (Å²) in [7, 11) is 0. The van der Waals surface area contributed by atoms with E-state index < -0.39 is 0 Å². The fourth-order valence-electron chi connectivity index (χ4n) is 3.04. The van der Waals surface area contributed by atoms with Gasteiger partial charge in [-0.1, -0.05) is 42.8 Å². The van der Waals surface area contributed by atoms with E-state index >= 15 is 0 Å². The third-order valence-corrected chi connectivity index (χ3v) is 5.34. The van der Waals surface area contributed by atoms with E-state index in [0.29, 0.717) is 34.5 Å². The zero-order chi connectivity index (χ0) is 20.4. The van der Waals surface area contributed by atoms with E-state index in [1.54, 1.807) is 23.1 Å². The molecule has 4 aromatic rings. The quantitative estimate of drug-likeness (QED) is 0.345. The summed E-state index contributed by atoms with van der Waals surface area (Å²) in [5.41, 5.74) is 1.30. The van der Waals surface area contributed by atoms with Crippen molar-refractivity contribution in [2.24, 2.45) is 0 Å². The number of benzene rings is 2. The fourth-order valence-corrected chi connectivity index (χ4v) is 3.71. The van der Waals surface area contributed by atoms with Crippen LogP contribution in [0.5, 0.6) is 0 Å². The van der Waals surface area contributed by atoms with Crippen LogP contribution < -0.4 is 0 Å². The summed E-state index contributed by atoms with van der Waals surface area (Å²) in [4.78, 5) is 14.7. The minimum absolute atomic E-state index is 0.183. The lowest BCUT2D eigenvalue weighted by Crippen LogP contribution is -2.31. The van der Waals surface area contributed by atoms with Crippen LogP contribution in [0.15, 0.2) is 61.8 Å². The molecule has 0 bridgehead atoms. The molecule has 0 unspecified atom stereocenters. The molecular formula is C21H17BrClN3O3. The highest BCUT2D eigenvalue weighted by Crippen LogP contribution is 2.29. The summed E-state index contributed by atoms with van der Waals surface area (Å²) in [6.45, 7) is 2.71. The number of amides is 1. The van der Waals surface area contributed by atoms with Gasteiger partial charge in [0, 0.05) is 11.9 Å². The molecular weight excluding hydrogens is 458 g/mol. The first-order valence-corrected chi connectivity index (χ1v) is 10.3. The second kappa shape index (κ2) is 8.39. The van der Waals surface area contributed by atoms with Crippen molar-refractivity contribution in [3.63, 3.8) is 0 Å². The van der Waals surface area contributed by atoms with Gasteiger partial charge in [-0.05, 0) is 46.6 Å². The molecule has 0 aliphatic heterocycles. The Morgan fingerprint density at radius 3 is 2.72 bits per heavy atom. The number of furan rings is 1. The molecule has 0 saturated heterocycles. The number of hydrogen-bond acceptors (Lipinski definition) is 5. The third kappa shape index (κ3) is 4.06. The van der Waals surface area contributed by atoms with E-state index in [4.69, 9.17) is 20.4 Å². The van der Waals surface area contributed by atoms with Crippen molar-refractivity contribution < 1.29 is 13.6 Å². The number of rotatable bonds is 6. The highest BCUT2D eigenvalue weighted by molar-refractivity contribution is 9.10. The minimum atomic E-state index is -0.229. The Hall–Kier alpha value is -2.64. The van der Waals surface area contributed by atoms with Gasteiger partial charge in [0.2, 0.25) is 11.8 Å². The monoisotopic (exact) mass is 473 g/mol. The molecule has 0 aliphatic carbocycles. The van der Waals surface area contributed by atoms with Crippen LogP contribution in [0.3, 0.4) is 0 Å². The summed E-state index contributed by atoms with van der Waals surface area (Å²) in [6.07, 6.45) is 0.779.